The number of hydrogen-bond donors (Lipinski definition) is 2. The second kappa shape index (κ2) is 11.9. The molecule has 204 valence electrons. The number of pyridine rings is 1. The monoisotopic (exact) mass is 557 g/mol. The summed E-state index contributed by atoms with van der Waals surface area (Å²) in [5.74, 6) is -2.36. The number of carbonyl (C=O) groups excluding carboxylic acids is 2. The van der Waals surface area contributed by atoms with Gasteiger partial charge in [-0.3, -0.25) is 14.7 Å². The van der Waals surface area contributed by atoms with E-state index in [-0.39, 0.29) is 22.7 Å². The Balaban J connectivity index is 1.42. The first-order valence-electron chi connectivity index (χ1n) is 13.1. The summed E-state index contributed by atoms with van der Waals surface area (Å²) in [7, 11) is 0. The van der Waals surface area contributed by atoms with E-state index in [1.54, 1.807) is 6.92 Å². The highest BCUT2D eigenvalue weighted by molar-refractivity contribution is 6.34. The standard InChI is InChI=1S/C31H28ClN3O5/c1-2-27(29(36)34-26-16-20(30(37)38)12-13-23(26)32)40-31(39)28-21-10-6-7-11-24(21)33-25-14-15-35(18-22(25)28)17-19-8-4-3-5-9-19/h3-13,16,27H,2,14-15,17-18H2,1H3,(H,34,36)(H,37,38). The quantitative estimate of drug-likeness (QED) is 0.267. The molecule has 1 aromatic heterocycles. The number of aromatic nitrogens is 1. The van der Waals surface area contributed by atoms with Crippen LogP contribution in [0.2, 0.25) is 5.02 Å². The van der Waals surface area contributed by atoms with E-state index in [0.29, 0.717) is 29.4 Å². The highest BCUT2D eigenvalue weighted by Crippen LogP contribution is 2.30. The molecule has 2 heterocycles. The van der Waals surface area contributed by atoms with E-state index in [9.17, 15) is 19.5 Å². The Kier molecular flexibility index (Phi) is 8.09. The Labute approximate surface area is 236 Å². The van der Waals surface area contributed by atoms with E-state index in [1.165, 1.54) is 23.8 Å². The van der Waals surface area contributed by atoms with Crippen molar-refractivity contribution >= 4 is 46.0 Å². The van der Waals surface area contributed by atoms with Crippen molar-refractivity contribution in [2.45, 2.75) is 39.0 Å². The molecule has 1 aliphatic heterocycles. The lowest BCUT2D eigenvalue weighted by atomic mass is 9.95. The summed E-state index contributed by atoms with van der Waals surface area (Å²) in [6.45, 7) is 3.79. The minimum absolute atomic E-state index is 0.0281. The summed E-state index contributed by atoms with van der Waals surface area (Å²) >= 11 is 6.18. The molecule has 0 aliphatic carbocycles. The first-order valence-corrected chi connectivity index (χ1v) is 13.4. The van der Waals surface area contributed by atoms with Crippen LogP contribution in [0, 0.1) is 0 Å². The maximum Gasteiger partial charge on any atom is 0.340 e. The maximum atomic E-state index is 13.8. The van der Waals surface area contributed by atoms with E-state index in [0.717, 1.165) is 24.3 Å². The second-order valence-electron chi connectivity index (χ2n) is 9.67. The molecule has 1 amide bonds. The molecule has 0 bridgehead atoms. The van der Waals surface area contributed by atoms with Crippen LogP contribution in [-0.2, 0) is 29.0 Å². The predicted molar refractivity (Wildman–Crippen MR) is 153 cm³/mol. The van der Waals surface area contributed by atoms with Crippen molar-refractivity contribution in [3.63, 3.8) is 0 Å². The lowest BCUT2D eigenvalue weighted by Gasteiger charge is -2.30. The van der Waals surface area contributed by atoms with Gasteiger partial charge < -0.3 is 15.2 Å². The van der Waals surface area contributed by atoms with Gasteiger partial charge in [0.25, 0.3) is 5.91 Å². The van der Waals surface area contributed by atoms with Gasteiger partial charge in [0, 0.05) is 42.7 Å². The third kappa shape index (κ3) is 5.83. The summed E-state index contributed by atoms with van der Waals surface area (Å²) in [5.41, 5.74) is 4.04. The topological polar surface area (TPSA) is 109 Å². The number of carboxylic acid groups (broad SMARTS) is 1. The molecule has 0 saturated heterocycles. The first-order chi connectivity index (χ1) is 19.3. The molecule has 0 saturated carbocycles. The summed E-state index contributed by atoms with van der Waals surface area (Å²) in [5, 5.41) is 12.7. The number of hydrogen-bond acceptors (Lipinski definition) is 6. The van der Waals surface area contributed by atoms with Crippen LogP contribution >= 0.6 is 11.6 Å². The van der Waals surface area contributed by atoms with E-state index in [4.69, 9.17) is 21.3 Å². The minimum atomic E-state index is -1.15. The van der Waals surface area contributed by atoms with Gasteiger partial charge in [0.1, 0.15) is 0 Å². The number of anilines is 1. The van der Waals surface area contributed by atoms with Crippen LogP contribution in [0.25, 0.3) is 10.9 Å². The number of carboxylic acids is 1. The fourth-order valence-corrected chi connectivity index (χ4v) is 5.10. The SMILES string of the molecule is CCC(OC(=O)c1c2c(nc3ccccc13)CCN(Cc1ccccc1)C2)C(=O)Nc1cc(C(=O)O)ccc1Cl. The molecular weight excluding hydrogens is 530 g/mol. The van der Waals surface area contributed by atoms with Gasteiger partial charge in [-0.05, 0) is 36.2 Å². The maximum absolute atomic E-state index is 13.8. The molecule has 3 aromatic carbocycles. The van der Waals surface area contributed by atoms with Crippen molar-refractivity contribution in [3.8, 4) is 0 Å². The van der Waals surface area contributed by atoms with Crippen LogP contribution in [0.3, 0.4) is 0 Å². The van der Waals surface area contributed by atoms with Crippen LogP contribution in [0.5, 0.6) is 0 Å². The number of nitrogens with one attached hydrogen (secondary N) is 1. The molecular formula is C31H28ClN3O5. The number of esters is 1. The minimum Gasteiger partial charge on any atom is -0.478 e. The zero-order valence-corrected chi connectivity index (χ0v) is 22.6. The number of ether oxygens (including phenoxy) is 1. The van der Waals surface area contributed by atoms with Gasteiger partial charge in [0.2, 0.25) is 0 Å². The Morgan fingerprint density at radius 3 is 2.58 bits per heavy atom. The van der Waals surface area contributed by atoms with Gasteiger partial charge >= 0.3 is 11.9 Å². The van der Waals surface area contributed by atoms with Crippen LogP contribution in [-0.4, -0.2) is 45.5 Å². The van der Waals surface area contributed by atoms with E-state index in [2.05, 4.69) is 22.3 Å². The van der Waals surface area contributed by atoms with E-state index >= 15 is 0 Å². The van der Waals surface area contributed by atoms with Crippen LogP contribution in [0.1, 0.15) is 50.9 Å². The average molecular weight is 558 g/mol. The third-order valence-corrected chi connectivity index (χ3v) is 7.29. The van der Waals surface area contributed by atoms with Crippen molar-refractivity contribution in [1.82, 2.24) is 9.88 Å². The molecule has 9 heteroatoms. The number of amides is 1. The Hall–Kier alpha value is -4.27. The van der Waals surface area contributed by atoms with E-state index in [1.807, 2.05) is 42.5 Å². The fourth-order valence-electron chi connectivity index (χ4n) is 4.93. The van der Waals surface area contributed by atoms with Crippen LogP contribution in [0.4, 0.5) is 5.69 Å². The molecule has 5 rings (SSSR count). The zero-order chi connectivity index (χ0) is 28.2. The summed E-state index contributed by atoms with van der Waals surface area (Å²) < 4.78 is 5.81. The number of nitrogens with zero attached hydrogens (tertiary/aromatic N) is 2. The summed E-state index contributed by atoms with van der Waals surface area (Å²) in [4.78, 5) is 45.4. The van der Waals surface area contributed by atoms with Gasteiger partial charge in [-0.25, -0.2) is 9.59 Å². The second-order valence-corrected chi connectivity index (χ2v) is 10.1. The van der Waals surface area contributed by atoms with Crippen molar-refractivity contribution < 1.29 is 24.2 Å². The van der Waals surface area contributed by atoms with Crippen LogP contribution < -0.4 is 5.32 Å². The number of carbonyl (C=O) groups is 3. The van der Waals surface area contributed by atoms with Gasteiger partial charge in [-0.1, -0.05) is 67.1 Å². The molecule has 40 heavy (non-hydrogen) atoms. The number of rotatable bonds is 8. The highest BCUT2D eigenvalue weighted by Gasteiger charge is 2.30. The lowest BCUT2D eigenvalue weighted by molar-refractivity contribution is -0.124. The number of fused-ring (bicyclic) bond motifs is 2. The molecule has 0 spiro atoms. The smallest absolute Gasteiger partial charge is 0.340 e. The normalized spacial score (nSPS) is 13.8. The molecule has 0 radical (unpaired) electrons. The van der Waals surface area contributed by atoms with Gasteiger partial charge in [-0.15, -0.1) is 0 Å². The summed E-state index contributed by atoms with van der Waals surface area (Å²) in [6.07, 6.45) is -0.230. The fraction of sp³-hybridized carbons (Fsp3) is 0.226. The van der Waals surface area contributed by atoms with Crippen molar-refractivity contribution in [1.29, 1.82) is 0 Å². The molecule has 1 aliphatic rings. The van der Waals surface area contributed by atoms with Crippen molar-refractivity contribution in [2.75, 3.05) is 11.9 Å². The Morgan fingerprint density at radius 2 is 1.82 bits per heavy atom. The third-order valence-electron chi connectivity index (χ3n) is 6.96. The molecule has 1 atom stereocenters. The van der Waals surface area contributed by atoms with Gasteiger partial charge in [0.05, 0.1) is 27.4 Å². The largest absolute Gasteiger partial charge is 0.478 e. The van der Waals surface area contributed by atoms with Crippen molar-refractivity contribution in [2.24, 2.45) is 0 Å². The summed E-state index contributed by atoms with van der Waals surface area (Å²) in [6, 6.07) is 21.6. The van der Waals surface area contributed by atoms with Gasteiger partial charge in [0.15, 0.2) is 6.10 Å². The molecule has 1 unspecified atom stereocenters. The number of aromatic carboxylic acids is 1. The van der Waals surface area contributed by atoms with Gasteiger partial charge in [-0.2, -0.15) is 0 Å². The zero-order valence-electron chi connectivity index (χ0n) is 21.9. The first kappa shape index (κ1) is 27.3. The predicted octanol–water partition coefficient (Wildman–Crippen LogP) is 5.72. The number of halogens is 1. The Morgan fingerprint density at radius 1 is 1.07 bits per heavy atom. The average Bonchev–Trinajstić information content (AvgIpc) is 2.96. The highest BCUT2D eigenvalue weighted by atomic mass is 35.5. The number of para-hydroxylation sites is 1. The van der Waals surface area contributed by atoms with Crippen LogP contribution in [0.15, 0.2) is 72.8 Å². The molecule has 2 N–H and O–H groups in total. The molecule has 0 fully saturated rings. The van der Waals surface area contributed by atoms with E-state index < -0.39 is 23.9 Å². The molecule has 8 nitrogen and oxygen atoms in total. The lowest BCUT2D eigenvalue weighted by Crippen LogP contribution is -2.35. The number of benzene rings is 3. The molecule has 4 aromatic rings. The van der Waals surface area contributed by atoms with Crippen molar-refractivity contribution in [3.05, 3.63) is 106 Å². The Bertz CT molecular complexity index is 1590.